The highest BCUT2D eigenvalue weighted by atomic mass is 32.1. The lowest BCUT2D eigenvalue weighted by molar-refractivity contribution is 0.101. The number of aromatic amines is 1. The molecule has 1 amide bonds. The third-order valence-corrected chi connectivity index (χ3v) is 4.61. The lowest BCUT2D eigenvalue weighted by atomic mass is 10.2. The lowest BCUT2D eigenvalue weighted by Gasteiger charge is -2.13. The second-order valence-electron chi connectivity index (χ2n) is 5.04. The molecular weight excluding hydrogens is 360 g/mol. The SMILES string of the molecule is COc1cc(-c2nc(C)c(NC(=O)c3nn[nH]n3)s2)cc(OC)c1OC. The maximum atomic E-state index is 12.1. The van der Waals surface area contributed by atoms with E-state index in [9.17, 15) is 4.79 Å². The Morgan fingerprint density at radius 1 is 1.15 bits per heavy atom. The van der Waals surface area contributed by atoms with E-state index in [1.807, 2.05) is 0 Å². The minimum atomic E-state index is -0.470. The molecule has 0 saturated heterocycles. The Bertz CT molecular complexity index is 899. The smallest absolute Gasteiger partial charge is 0.297 e. The molecule has 10 nitrogen and oxygen atoms in total. The monoisotopic (exact) mass is 376 g/mol. The Balaban J connectivity index is 1.94. The molecule has 0 aliphatic heterocycles. The van der Waals surface area contributed by atoms with Crippen LogP contribution in [0.1, 0.15) is 16.3 Å². The van der Waals surface area contributed by atoms with Crippen molar-refractivity contribution in [3.63, 3.8) is 0 Å². The van der Waals surface area contributed by atoms with Crippen LogP contribution >= 0.6 is 11.3 Å². The number of benzene rings is 1. The summed E-state index contributed by atoms with van der Waals surface area (Å²) in [6, 6.07) is 3.59. The molecule has 11 heteroatoms. The Kier molecular flexibility index (Phi) is 4.98. The second-order valence-corrected chi connectivity index (χ2v) is 6.04. The Hall–Kier alpha value is -3.21. The molecule has 0 aliphatic rings. The number of amides is 1. The molecule has 2 heterocycles. The third kappa shape index (κ3) is 3.28. The number of ether oxygens (including phenoxy) is 3. The minimum Gasteiger partial charge on any atom is -0.493 e. The van der Waals surface area contributed by atoms with E-state index in [2.05, 4.69) is 30.9 Å². The predicted molar refractivity (Wildman–Crippen MR) is 94.1 cm³/mol. The molecule has 3 aromatic rings. The summed E-state index contributed by atoms with van der Waals surface area (Å²) in [7, 11) is 4.63. The van der Waals surface area contributed by atoms with Gasteiger partial charge in [0.25, 0.3) is 11.7 Å². The zero-order chi connectivity index (χ0) is 18.7. The van der Waals surface area contributed by atoms with Gasteiger partial charge < -0.3 is 19.5 Å². The summed E-state index contributed by atoms with van der Waals surface area (Å²) in [6.07, 6.45) is 0. The lowest BCUT2D eigenvalue weighted by Crippen LogP contribution is -2.13. The number of anilines is 1. The number of nitrogens with one attached hydrogen (secondary N) is 2. The summed E-state index contributed by atoms with van der Waals surface area (Å²) in [5.41, 5.74) is 1.43. The van der Waals surface area contributed by atoms with Gasteiger partial charge in [-0.25, -0.2) is 4.98 Å². The number of nitrogens with zero attached hydrogens (tertiary/aromatic N) is 4. The van der Waals surface area contributed by atoms with Crippen molar-refractivity contribution in [3.05, 3.63) is 23.7 Å². The van der Waals surface area contributed by atoms with Crippen LogP contribution in [0, 0.1) is 6.92 Å². The summed E-state index contributed by atoms with van der Waals surface area (Å²) in [4.78, 5) is 16.6. The summed E-state index contributed by atoms with van der Waals surface area (Å²) in [6.45, 7) is 1.80. The number of H-pyrrole nitrogens is 1. The van der Waals surface area contributed by atoms with E-state index in [1.165, 1.54) is 11.3 Å². The van der Waals surface area contributed by atoms with Crippen molar-refractivity contribution in [2.45, 2.75) is 6.92 Å². The third-order valence-electron chi connectivity index (χ3n) is 3.48. The molecule has 0 unspecified atom stereocenters. The van der Waals surface area contributed by atoms with Crippen LogP contribution in [0.15, 0.2) is 12.1 Å². The minimum absolute atomic E-state index is 0.0489. The molecule has 0 fully saturated rings. The topological polar surface area (TPSA) is 124 Å². The average Bonchev–Trinajstić information content (AvgIpc) is 3.31. The summed E-state index contributed by atoms with van der Waals surface area (Å²) < 4.78 is 16.1. The average molecular weight is 376 g/mol. The first-order valence-corrected chi connectivity index (χ1v) is 8.21. The summed E-state index contributed by atoms with van der Waals surface area (Å²) >= 11 is 1.31. The highest BCUT2D eigenvalue weighted by molar-refractivity contribution is 7.19. The van der Waals surface area contributed by atoms with Gasteiger partial charge in [-0.2, -0.15) is 5.21 Å². The number of thiazole rings is 1. The van der Waals surface area contributed by atoms with E-state index in [4.69, 9.17) is 14.2 Å². The van der Waals surface area contributed by atoms with Crippen molar-refractivity contribution in [3.8, 4) is 27.8 Å². The van der Waals surface area contributed by atoms with E-state index in [-0.39, 0.29) is 5.82 Å². The highest BCUT2D eigenvalue weighted by Gasteiger charge is 2.19. The van der Waals surface area contributed by atoms with Crippen LogP contribution in [0.2, 0.25) is 0 Å². The number of methoxy groups -OCH3 is 3. The van der Waals surface area contributed by atoms with Crippen molar-refractivity contribution in [1.29, 1.82) is 0 Å². The van der Waals surface area contributed by atoms with Crippen LogP contribution in [-0.4, -0.2) is 52.8 Å². The standard InChI is InChI=1S/C15H16N6O4S/c1-7-14(17-13(22)12-18-20-21-19-12)26-15(16-7)8-5-9(23-2)11(25-4)10(6-8)24-3/h5-6H,1-4H3,(H,17,22)(H,18,19,20,21). The number of tetrazole rings is 1. The zero-order valence-corrected chi connectivity index (χ0v) is 15.3. The molecule has 0 aliphatic carbocycles. The number of carbonyl (C=O) groups is 1. The van der Waals surface area contributed by atoms with Gasteiger partial charge in [-0.3, -0.25) is 4.79 Å². The van der Waals surface area contributed by atoms with Crippen molar-refractivity contribution in [1.82, 2.24) is 25.6 Å². The van der Waals surface area contributed by atoms with Gasteiger partial charge in [-0.1, -0.05) is 11.3 Å². The maximum absolute atomic E-state index is 12.1. The van der Waals surface area contributed by atoms with Gasteiger partial charge in [0, 0.05) is 5.56 Å². The summed E-state index contributed by atoms with van der Waals surface area (Å²) in [5.74, 6) is 1.02. The van der Waals surface area contributed by atoms with Crippen LogP contribution < -0.4 is 19.5 Å². The van der Waals surface area contributed by atoms with E-state index < -0.39 is 5.91 Å². The molecule has 0 spiro atoms. The van der Waals surface area contributed by atoms with Crippen molar-refractivity contribution < 1.29 is 19.0 Å². The normalized spacial score (nSPS) is 10.5. The summed E-state index contributed by atoms with van der Waals surface area (Å²) in [5, 5.41) is 16.9. The van der Waals surface area contributed by atoms with Gasteiger partial charge in [0.2, 0.25) is 5.75 Å². The molecule has 136 valence electrons. The molecule has 1 aromatic carbocycles. The van der Waals surface area contributed by atoms with E-state index in [0.717, 1.165) is 5.56 Å². The maximum Gasteiger partial charge on any atom is 0.297 e. The molecular formula is C15H16N6O4S. The molecule has 2 N–H and O–H groups in total. The van der Waals surface area contributed by atoms with Crippen LogP contribution in [0.3, 0.4) is 0 Å². The molecule has 0 saturated carbocycles. The number of rotatable bonds is 6. The molecule has 3 rings (SSSR count). The van der Waals surface area contributed by atoms with Crippen molar-refractivity contribution in [2.24, 2.45) is 0 Å². The molecule has 0 bridgehead atoms. The largest absolute Gasteiger partial charge is 0.493 e. The van der Waals surface area contributed by atoms with Crippen LogP contribution in [-0.2, 0) is 0 Å². The number of carbonyl (C=O) groups excluding carboxylic acids is 1. The first kappa shape index (κ1) is 17.6. The molecule has 0 atom stereocenters. The fourth-order valence-electron chi connectivity index (χ4n) is 2.26. The van der Waals surface area contributed by atoms with Crippen molar-refractivity contribution >= 4 is 22.2 Å². The van der Waals surface area contributed by atoms with Gasteiger partial charge in [0.1, 0.15) is 10.0 Å². The van der Waals surface area contributed by atoms with Gasteiger partial charge in [-0.05, 0) is 24.3 Å². The molecule has 26 heavy (non-hydrogen) atoms. The zero-order valence-electron chi connectivity index (χ0n) is 14.5. The highest BCUT2D eigenvalue weighted by Crippen LogP contribution is 2.43. The second kappa shape index (κ2) is 7.35. The first-order chi connectivity index (χ1) is 12.6. The number of aromatic nitrogens is 5. The van der Waals surface area contributed by atoms with Crippen LogP contribution in [0.25, 0.3) is 10.6 Å². The van der Waals surface area contributed by atoms with Gasteiger partial charge in [-0.15, -0.1) is 10.2 Å². The van der Waals surface area contributed by atoms with Crippen LogP contribution in [0.5, 0.6) is 17.2 Å². The number of hydrogen-bond acceptors (Lipinski definition) is 9. The Morgan fingerprint density at radius 2 is 1.85 bits per heavy atom. The fourth-order valence-corrected chi connectivity index (χ4v) is 3.21. The van der Waals surface area contributed by atoms with E-state index >= 15 is 0 Å². The van der Waals surface area contributed by atoms with Gasteiger partial charge >= 0.3 is 0 Å². The predicted octanol–water partition coefficient (Wildman–Crippen LogP) is 1.91. The van der Waals surface area contributed by atoms with E-state index in [1.54, 1.807) is 40.4 Å². The number of hydrogen-bond donors (Lipinski definition) is 2. The molecule has 0 radical (unpaired) electrons. The van der Waals surface area contributed by atoms with Crippen molar-refractivity contribution in [2.75, 3.05) is 26.6 Å². The Morgan fingerprint density at radius 3 is 2.38 bits per heavy atom. The fraction of sp³-hybridized carbons (Fsp3) is 0.267. The van der Waals surface area contributed by atoms with Gasteiger partial charge in [0.15, 0.2) is 11.5 Å². The van der Waals surface area contributed by atoms with Crippen LogP contribution in [0.4, 0.5) is 5.00 Å². The first-order valence-electron chi connectivity index (χ1n) is 7.40. The Labute approximate surface area is 152 Å². The van der Waals surface area contributed by atoms with Gasteiger partial charge in [0.05, 0.1) is 27.0 Å². The quantitative estimate of drug-likeness (QED) is 0.668. The molecule has 2 aromatic heterocycles. The number of aryl methyl sites for hydroxylation is 1. The van der Waals surface area contributed by atoms with E-state index in [0.29, 0.717) is 33.0 Å².